The van der Waals surface area contributed by atoms with Gasteiger partial charge in [0.2, 0.25) is 5.91 Å². The van der Waals surface area contributed by atoms with Crippen molar-refractivity contribution in [2.45, 2.75) is 19.0 Å². The van der Waals surface area contributed by atoms with Crippen LogP contribution in [0, 0.1) is 0 Å². The summed E-state index contributed by atoms with van der Waals surface area (Å²) in [4.78, 5) is 14.5. The Kier molecular flexibility index (Phi) is 4.96. The van der Waals surface area contributed by atoms with Crippen LogP contribution in [-0.2, 0) is 11.0 Å². The van der Waals surface area contributed by atoms with Crippen LogP contribution in [0.5, 0.6) is 0 Å². The number of pyridine rings is 1. The van der Waals surface area contributed by atoms with Gasteiger partial charge < -0.3 is 16.4 Å². The molecule has 0 aliphatic rings. The van der Waals surface area contributed by atoms with E-state index in [-0.39, 0.29) is 18.1 Å². The molecule has 0 aliphatic carbocycles. The summed E-state index contributed by atoms with van der Waals surface area (Å²) in [7, 11) is 1.49. The highest BCUT2D eigenvalue weighted by atomic mass is 19.4. The summed E-state index contributed by atoms with van der Waals surface area (Å²) in [6.07, 6.45) is -3.83. The standard InChI is InChI=1S/C11H15F3N4O/c1-16-9-5-7(11(12,13)14)6-10(18-9)17-4-2-3-8(15)19/h5-6H,2-4H2,1H3,(H2,15,19)(H2,16,17,18). The molecule has 0 atom stereocenters. The van der Waals surface area contributed by atoms with Crippen molar-refractivity contribution in [2.24, 2.45) is 5.73 Å². The maximum absolute atomic E-state index is 12.6. The maximum Gasteiger partial charge on any atom is 0.416 e. The Labute approximate surface area is 108 Å². The quantitative estimate of drug-likeness (QED) is 0.692. The summed E-state index contributed by atoms with van der Waals surface area (Å²) in [6.45, 7) is 0.320. The van der Waals surface area contributed by atoms with Crippen LogP contribution in [-0.4, -0.2) is 24.5 Å². The number of aromatic nitrogens is 1. The Morgan fingerprint density at radius 1 is 1.37 bits per heavy atom. The summed E-state index contributed by atoms with van der Waals surface area (Å²) in [5.74, 6) is -0.231. The molecular formula is C11H15F3N4O. The van der Waals surface area contributed by atoms with Crippen LogP contribution < -0.4 is 16.4 Å². The number of primary amides is 1. The molecule has 0 aromatic carbocycles. The second kappa shape index (κ2) is 6.26. The predicted octanol–water partition coefficient (Wildman–Crippen LogP) is 1.82. The molecule has 1 heterocycles. The number of hydrogen-bond acceptors (Lipinski definition) is 4. The summed E-state index contributed by atoms with van der Waals surface area (Å²) in [6, 6.07) is 1.85. The van der Waals surface area contributed by atoms with E-state index in [4.69, 9.17) is 5.73 Å². The molecule has 1 rings (SSSR count). The minimum absolute atomic E-state index is 0.101. The van der Waals surface area contributed by atoms with Gasteiger partial charge in [-0.2, -0.15) is 13.2 Å². The summed E-state index contributed by atoms with van der Waals surface area (Å²) >= 11 is 0. The van der Waals surface area contributed by atoms with Crippen molar-refractivity contribution in [3.05, 3.63) is 17.7 Å². The Bertz CT molecular complexity index is 448. The number of halogens is 3. The molecule has 8 heteroatoms. The van der Waals surface area contributed by atoms with E-state index in [1.165, 1.54) is 7.05 Å². The maximum atomic E-state index is 12.6. The Balaban J connectivity index is 2.74. The van der Waals surface area contributed by atoms with Gasteiger partial charge in [-0.3, -0.25) is 4.79 Å². The molecule has 0 fully saturated rings. The van der Waals surface area contributed by atoms with Crippen molar-refractivity contribution in [3.8, 4) is 0 Å². The van der Waals surface area contributed by atoms with Gasteiger partial charge in [0.1, 0.15) is 11.6 Å². The van der Waals surface area contributed by atoms with Crippen molar-refractivity contribution in [3.63, 3.8) is 0 Å². The Morgan fingerprint density at radius 3 is 2.53 bits per heavy atom. The number of amides is 1. The zero-order valence-corrected chi connectivity index (χ0v) is 10.3. The number of carbonyl (C=O) groups excluding carboxylic acids is 1. The molecule has 1 aromatic heterocycles. The first-order valence-corrected chi connectivity index (χ1v) is 5.62. The molecule has 106 valence electrons. The highest BCUT2D eigenvalue weighted by molar-refractivity contribution is 5.73. The van der Waals surface area contributed by atoms with Gasteiger partial charge in [-0.15, -0.1) is 0 Å². The van der Waals surface area contributed by atoms with E-state index in [9.17, 15) is 18.0 Å². The topological polar surface area (TPSA) is 80.0 Å². The lowest BCUT2D eigenvalue weighted by Crippen LogP contribution is -2.14. The lowest BCUT2D eigenvalue weighted by Gasteiger charge is -2.12. The van der Waals surface area contributed by atoms with E-state index in [2.05, 4.69) is 15.6 Å². The molecule has 19 heavy (non-hydrogen) atoms. The number of nitrogens with two attached hydrogens (primary N) is 1. The largest absolute Gasteiger partial charge is 0.416 e. The highest BCUT2D eigenvalue weighted by Gasteiger charge is 2.31. The number of nitrogens with zero attached hydrogens (tertiary/aromatic N) is 1. The van der Waals surface area contributed by atoms with Crippen LogP contribution in [0.4, 0.5) is 24.8 Å². The summed E-state index contributed by atoms with van der Waals surface area (Å²) in [5, 5.41) is 5.29. The summed E-state index contributed by atoms with van der Waals surface area (Å²) < 4.78 is 37.9. The van der Waals surface area contributed by atoms with Crippen molar-refractivity contribution in [1.29, 1.82) is 0 Å². The lowest BCUT2D eigenvalue weighted by molar-refractivity contribution is -0.137. The first kappa shape index (κ1) is 15.1. The number of nitrogens with one attached hydrogen (secondary N) is 2. The van der Waals surface area contributed by atoms with Crippen LogP contribution >= 0.6 is 0 Å². The monoisotopic (exact) mass is 276 g/mol. The normalized spacial score (nSPS) is 11.2. The average molecular weight is 276 g/mol. The van der Waals surface area contributed by atoms with E-state index in [0.29, 0.717) is 13.0 Å². The van der Waals surface area contributed by atoms with Crippen molar-refractivity contribution < 1.29 is 18.0 Å². The van der Waals surface area contributed by atoms with Gasteiger partial charge in [-0.25, -0.2) is 4.98 Å². The first-order valence-electron chi connectivity index (χ1n) is 5.62. The third-order valence-electron chi connectivity index (χ3n) is 2.31. The molecule has 0 bridgehead atoms. The Morgan fingerprint density at radius 2 is 2.00 bits per heavy atom. The average Bonchev–Trinajstić information content (AvgIpc) is 2.33. The van der Waals surface area contributed by atoms with Crippen LogP contribution in [0.15, 0.2) is 12.1 Å². The van der Waals surface area contributed by atoms with Gasteiger partial charge >= 0.3 is 6.18 Å². The van der Waals surface area contributed by atoms with Crippen molar-refractivity contribution in [1.82, 2.24) is 4.98 Å². The van der Waals surface area contributed by atoms with Crippen LogP contribution in [0.3, 0.4) is 0 Å². The molecule has 1 aromatic rings. The Hall–Kier alpha value is -1.99. The molecule has 0 saturated heterocycles. The highest BCUT2D eigenvalue weighted by Crippen LogP contribution is 2.31. The van der Waals surface area contributed by atoms with Gasteiger partial charge in [-0.1, -0.05) is 0 Å². The number of hydrogen-bond donors (Lipinski definition) is 3. The SMILES string of the molecule is CNc1cc(C(F)(F)F)cc(NCCCC(N)=O)n1. The van der Waals surface area contributed by atoms with Gasteiger partial charge in [-0.05, 0) is 18.6 Å². The van der Waals surface area contributed by atoms with Gasteiger partial charge in [0.25, 0.3) is 0 Å². The second-order valence-electron chi connectivity index (χ2n) is 3.87. The van der Waals surface area contributed by atoms with Crippen molar-refractivity contribution in [2.75, 3.05) is 24.2 Å². The minimum atomic E-state index is -4.43. The molecular weight excluding hydrogens is 261 g/mol. The molecule has 0 radical (unpaired) electrons. The molecule has 4 N–H and O–H groups in total. The number of anilines is 2. The zero-order valence-electron chi connectivity index (χ0n) is 10.3. The smallest absolute Gasteiger partial charge is 0.373 e. The third kappa shape index (κ3) is 5.02. The van der Waals surface area contributed by atoms with E-state index < -0.39 is 17.6 Å². The van der Waals surface area contributed by atoms with E-state index in [1.54, 1.807) is 0 Å². The van der Waals surface area contributed by atoms with Crippen LogP contribution in [0.25, 0.3) is 0 Å². The summed E-state index contributed by atoms with van der Waals surface area (Å²) in [5.41, 5.74) is 4.17. The number of rotatable bonds is 6. The molecule has 1 amide bonds. The van der Waals surface area contributed by atoms with Gasteiger partial charge in [0.05, 0.1) is 5.56 Å². The van der Waals surface area contributed by atoms with Crippen molar-refractivity contribution >= 4 is 17.5 Å². The minimum Gasteiger partial charge on any atom is -0.373 e. The number of carbonyl (C=O) groups is 1. The first-order chi connectivity index (χ1) is 8.82. The molecule has 5 nitrogen and oxygen atoms in total. The second-order valence-corrected chi connectivity index (χ2v) is 3.87. The molecule has 0 aliphatic heterocycles. The fourth-order valence-electron chi connectivity index (χ4n) is 1.39. The molecule has 0 unspecified atom stereocenters. The van der Waals surface area contributed by atoms with Crippen LogP contribution in [0.1, 0.15) is 18.4 Å². The van der Waals surface area contributed by atoms with Crippen LogP contribution in [0.2, 0.25) is 0 Å². The van der Waals surface area contributed by atoms with E-state index in [1.807, 2.05) is 0 Å². The lowest BCUT2D eigenvalue weighted by atomic mass is 10.2. The van der Waals surface area contributed by atoms with Gasteiger partial charge in [0.15, 0.2) is 0 Å². The third-order valence-corrected chi connectivity index (χ3v) is 2.31. The number of alkyl halides is 3. The zero-order chi connectivity index (χ0) is 14.5. The fourth-order valence-corrected chi connectivity index (χ4v) is 1.39. The van der Waals surface area contributed by atoms with E-state index >= 15 is 0 Å². The van der Waals surface area contributed by atoms with Gasteiger partial charge in [0, 0.05) is 20.0 Å². The molecule has 0 spiro atoms. The van der Waals surface area contributed by atoms with E-state index in [0.717, 1.165) is 12.1 Å². The fraction of sp³-hybridized carbons (Fsp3) is 0.455. The predicted molar refractivity (Wildman–Crippen MR) is 65.7 cm³/mol. The molecule has 0 saturated carbocycles.